The minimum absolute atomic E-state index is 0.0492. The molecule has 1 aromatic carbocycles. The minimum Gasteiger partial charge on any atom is -0.368 e. The molecule has 18 heavy (non-hydrogen) atoms. The first-order valence-corrected chi connectivity index (χ1v) is 5.81. The number of nitrogens with two attached hydrogens (primary N) is 1. The summed E-state index contributed by atoms with van der Waals surface area (Å²) in [6.07, 6.45) is 0.720. The van der Waals surface area contributed by atoms with Crippen molar-refractivity contribution in [2.75, 3.05) is 0 Å². The van der Waals surface area contributed by atoms with Crippen LogP contribution in [-0.2, 0) is 4.79 Å². The Labute approximate surface area is 105 Å². The normalized spacial score (nSPS) is 13.7. The third-order valence-electron chi connectivity index (χ3n) is 2.91. The fraction of sp³-hybridized carbons (Fsp3) is 0.385. The average molecular weight is 252 g/mol. The zero-order valence-electron chi connectivity index (χ0n) is 10.4. The average Bonchev–Trinajstić information content (AvgIpc) is 2.35. The highest BCUT2D eigenvalue weighted by molar-refractivity contribution is 5.97. The Kier molecular flexibility index (Phi) is 4.83. The Morgan fingerprint density at radius 2 is 1.89 bits per heavy atom. The second-order valence-electron chi connectivity index (χ2n) is 4.25. The molecule has 0 saturated carbocycles. The molecule has 2 amide bonds. The maximum Gasteiger partial charge on any atom is 0.251 e. The molecule has 1 aromatic rings. The molecule has 5 heteroatoms. The molecule has 98 valence electrons. The quantitative estimate of drug-likeness (QED) is 0.832. The van der Waals surface area contributed by atoms with Crippen molar-refractivity contribution in [1.82, 2.24) is 5.32 Å². The summed E-state index contributed by atoms with van der Waals surface area (Å²) in [5.74, 6) is -1.47. The number of rotatable bonds is 5. The van der Waals surface area contributed by atoms with Gasteiger partial charge in [-0.2, -0.15) is 0 Å². The number of amides is 2. The summed E-state index contributed by atoms with van der Waals surface area (Å²) in [5.41, 5.74) is 5.55. The van der Waals surface area contributed by atoms with E-state index in [1.807, 2.05) is 13.8 Å². The smallest absolute Gasteiger partial charge is 0.251 e. The molecule has 0 fully saturated rings. The lowest BCUT2D eigenvalue weighted by atomic mass is 9.98. The Balaban J connectivity index is 2.78. The SMILES string of the molecule is CC[C@H](C)[C@H](NC(=O)c1ccc(F)cc1)C(N)=O. The van der Waals surface area contributed by atoms with Crippen LogP contribution in [0.25, 0.3) is 0 Å². The van der Waals surface area contributed by atoms with Gasteiger partial charge in [-0.15, -0.1) is 0 Å². The van der Waals surface area contributed by atoms with Crippen LogP contribution in [-0.4, -0.2) is 17.9 Å². The highest BCUT2D eigenvalue weighted by atomic mass is 19.1. The van der Waals surface area contributed by atoms with E-state index in [1.165, 1.54) is 24.3 Å². The van der Waals surface area contributed by atoms with E-state index in [9.17, 15) is 14.0 Å². The van der Waals surface area contributed by atoms with Crippen molar-refractivity contribution in [1.29, 1.82) is 0 Å². The van der Waals surface area contributed by atoms with Crippen LogP contribution in [0.15, 0.2) is 24.3 Å². The van der Waals surface area contributed by atoms with Crippen molar-refractivity contribution >= 4 is 11.8 Å². The van der Waals surface area contributed by atoms with Gasteiger partial charge in [-0.05, 0) is 30.2 Å². The molecule has 0 aliphatic heterocycles. The lowest BCUT2D eigenvalue weighted by Gasteiger charge is -2.21. The van der Waals surface area contributed by atoms with E-state index in [0.29, 0.717) is 5.56 Å². The number of benzene rings is 1. The van der Waals surface area contributed by atoms with Crippen LogP contribution in [0.1, 0.15) is 30.6 Å². The molecule has 0 bridgehead atoms. The summed E-state index contributed by atoms with van der Waals surface area (Å²) in [5, 5.41) is 2.57. The van der Waals surface area contributed by atoms with Gasteiger partial charge in [0.1, 0.15) is 11.9 Å². The maximum atomic E-state index is 12.7. The number of halogens is 1. The second-order valence-corrected chi connectivity index (χ2v) is 4.25. The van der Waals surface area contributed by atoms with Gasteiger partial charge in [-0.1, -0.05) is 20.3 Å². The number of hydrogen-bond acceptors (Lipinski definition) is 2. The van der Waals surface area contributed by atoms with Crippen LogP contribution in [0.3, 0.4) is 0 Å². The van der Waals surface area contributed by atoms with Gasteiger partial charge in [0.25, 0.3) is 5.91 Å². The molecule has 3 N–H and O–H groups in total. The van der Waals surface area contributed by atoms with Crippen LogP contribution < -0.4 is 11.1 Å². The summed E-state index contributed by atoms with van der Waals surface area (Å²) in [6.45, 7) is 3.74. The molecular formula is C13H17FN2O2. The van der Waals surface area contributed by atoms with Gasteiger partial charge in [0, 0.05) is 5.56 Å². The van der Waals surface area contributed by atoms with Crippen LogP contribution in [0.5, 0.6) is 0 Å². The van der Waals surface area contributed by atoms with E-state index in [2.05, 4.69) is 5.32 Å². The van der Waals surface area contributed by atoms with Gasteiger partial charge >= 0.3 is 0 Å². The number of carbonyl (C=O) groups excluding carboxylic acids is 2. The minimum atomic E-state index is -0.715. The van der Waals surface area contributed by atoms with Gasteiger partial charge in [0.15, 0.2) is 0 Å². The Bertz CT molecular complexity index is 431. The molecule has 0 aromatic heterocycles. The first-order chi connectivity index (χ1) is 8.45. The first kappa shape index (κ1) is 14.2. The number of hydrogen-bond donors (Lipinski definition) is 2. The molecule has 0 aliphatic rings. The van der Waals surface area contributed by atoms with Gasteiger partial charge in [-0.3, -0.25) is 9.59 Å². The van der Waals surface area contributed by atoms with Crippen molar-refractivity contribution in [3.05, 3.63) is 35.6 Å². The van der Waals surface area contributed by atoms with E-state index in [0.717, 1.165) is 6.42 Å². The summed E-state index contributed by atoms with van der Waals surface area (Å²) < 4.78 is 12.7. The van der Waals surface area contributed by atoms with Gasteiger partial charge in [0.2, 0.25) is 5.91 Å². The third kappa shape index (κ3) is 3.55. The maximum absolute atomic E-state index is 12.7. The van der Waals surface area contributed by atoms with Crippen molar-refractivity contribution in [2.45, 2.75) is 26.3 Å². The summed E-state index contributed by atoms with van der Waals surface area (Å²) in [6, 6.07) is 4.39. The highest BCUT2D eigenvalue weighted by Crippen LogP contribution is 2.09. The van der Waals surface area contributed by atoms with Gasteiger partial charge in [0.05, 0.1) is 0 Å². The fourth-order valence-electron chi connectivity index (χ4n) is 1.56. The molecule has 0 saturated heterocycles. The Morgan fingerprint density at radius 3 is 2.33 bits per heavy atom. The molecule has 0 unspecified atom stereocenters. The topological polar surface area (TPSA) is 72.2 Å². The van der Waals surface area contributed by atoms with E-state index >= 15 is 0 Å². The Hall–Kier alpha value is -1.91. The molecule has 0 aliphatic carbocycles. The first-order valence-electron chi connectivity index (χ1n) is 5.81. The molecule has 0 spiro atoms. The standard InChI is InChI=1S/C13H17FN2O2/c1-3-8(2)11(12(15)17)16-13(18)9-4-6-10(14)7-5-9/h4-8,11H,3H2,1-2H3,(H2,15,17)(H,16,18)/t8-,11-/m0/s1. The predicted octanol–water partition coefficient (Wildman–Crippen LogP) is 1.46. The lowest BCUT2D eigenvalue weighted by molar-refractivity contribution is -0.120. The zero-order chi connectivity index (χ0) is 13.7. The zero-order valence-corrected chi connectivity index (χ0v) is 10.4. The number of carbonyl (C=O) groups is 2. The molecular weight excluding hydrogens is 235 g/mol. The molecule has 2 atom stereocenters. The van der Waals surface area contributed by atoms with E-state index in [-0.39, 0.29) is 5.92 Å². The summed E-state index contributed by atoms with van der Waals surface area (Å²) in [4.78, 5) is 23.1. The van der Waals surface area contributed by atoms with Crippen LogP contribution in [0.2, 0.25) is 0 Å². The van der Waals surface area contributed by atoms with Crippen LogP contribution >= 0.6 is 0 Å². The lowest BCUT2D eigenvalue weighted by Crippen LogP contribution is -2.48. The number of nitrogens with one attached hydrogen (secondary N) is 1. The largest absolute Gasteiger partial charge is 0.368 e. The van der Waals surface area contributed by atoms with E-state index in [4.69, 9.17) is 5.73 Å². The highest BCUT2D eigenvalue weighted by Gasteiger charge is 2.23. The van der Waals surface area contributed by atoms with Crippen LogP contribution in [0.4, 0.5) is 4.39 Å². The van der Waals surface area contributed by atoms with E-state index in [1.54, 1.807) is 0 Å². The van der Waals surface area contributed by atoms with Gasteiger partial charge < -0.3 is 11.1 Å². The van der Waals surface area contributed by atoms with Crippen molar-refractivity contribution in [3.63, 3.8) is 0 Å². The second kappa shape index (κ2) is 6.14. The number of primary amides is 1. The molecule has 1 rings (SSSR count). The Morgan fingerprint density at radius 1 is 1.33 bits per heavy atom. The van der Waals surface area contributed by atoms with Crippen molar-refractivity contribution in [3.8, 4) is 0 Å². The summed E-state index contributed by atoms with van der Waals surface area (Å²) >= 11 is 0. The molecule has 0 heterocycles. The third-order valence-corrected chi connectivity index (χ3v) is 2.91. The van der Waals surface area contributed by atoms with Crippen LogP contribution in [0, 0.1) is 11.7 Å². The fourth-order valence-corrected chi connectivity index (χ4v) is 1.56. The molecule has 4 nitrogen and oxygen atoms in total. The monoisotopic (exact) mass is 252 g/mol. The molecule has 0 radical (unpaired) electrons. The van der Waals surface area contributed by atoms with Crippen molar-refractivity contribution in [2.24, 2.45) is 11.7 Å². The van der Waals surface area contributed by atoms with Crippen molar-refractivity contribution < 1.29 is 14.0 Å². The summed E-state index contributed by atoms with van der Waals surface area (Å²) in [7, 11) is 0. The van der Waals surface area contributed by atoms with Gasteiger partial charge in [-0.25, -0.2) is 4.39 Å². The van der Waals surface area contributed by atoms with E-state index < -0.39 is 23.7 Å². The predicted molar refractivity (Wildman–Crippen MR) is 66.3 cm³/mol.